The molecule has 0 aliphatic carbocycles. The number of hydrogen-bond acceptors (Lipinski definition) is 4. The summed E-state index contributed by atoms with van der Waals surface area (Å²) in [6.07, 6.45) is 1.86. The normalized spacial score (nSPS) is 16.8. The summed E-state index contributed by atoms with van der Waals surface area (Å²) in [5.74, 6) is 1.35. The van der Waals surface area contributed by atoms with Crippen molar-refractivity contribution in [2.75, 3.05) is 13.1 Å². The summed E-state index contributed by atoms with van der Waals surface area (Å²) in [5.41, 5.74) is 3.00. The van der Waals surface area contributed by atoms with E-state index in [1.165, 1.54) is 5.56 Å². The van der Waals surface area contributed by atoms with E-state index in [0.29, 0.717) is 0 Å². The molecule has 3 rings (SSSR count). The molecule has 116 valence electrons. The van der Waals surface area contributed by atoms with Crippen molar-refractivity contribution in [1.82, 2.24) is 10.1 Å². The lowest BCUT2D eigenvalue weighted by atomic mass is 9.89. The lowest BCUT2D eigenvalue weighted by molar-refractivity contribution is 0.0834. The number of hydrogen-bond donors (Lipinski definition) is 0. The first kappa shape index (κ1) is 15.0. The number of aryl methyl sites for hydroxylation is 2. The van der Waals surface area contributed by atoms with E-state index < -0.39 is 0 Å². The molecule has 1 saturated heterocycles. The second-order valence-electron chi connectivity index (χ2n) is 6.08. The van der Waals surface area contributed by atoms with Crippen LogP contribution in [0.1, 0.15) is 40.2 Å². The van der Waals surface area contributed by atoms with Crippen molar-refractivity contribution in [2.24, 2.45) is 5.92 Å². The van der Waals surface area contributed by atoms with Crippen LogP contribution in [0.5, 0.6) is 0 Å². The first-order valence-corrected chi connectivity index (χ1v) is 7.88. The third-order valence-electron chi connectivity index (χ3n) is 4.58. The fourth-order valence-electron chi connectivity index (χ4n) is 3.14. The van der Waals surface area contributed by atoms with Crippen molar-refractivity contribution in [3.8, 4) is 0 Å². The minimum Gasteiger partial charge on any atom is -0.361 e. The molecule has 1 aromatic carbocycles. The minimum absolute atomic E-state index is 0.156. The Bertz CT molecular complexity index is 621. The molecule has 0 amide bonds. The lowest BCUT2D eigenvalue weighted by Gasteiger charge is -2.31. The predicted molar refractivity (Wildman–Crippen MR) is 84.8 cm³/mol. The maximum atomic E-state index is 12.5. The van der Waals surface area contributed by atoms with Gasteiger partial charge in [-0.1, -0.05) is 35.5 Å². The van der Waals surface area contributed by atoms with Crippen molar-refractivity contribution in [3.05, 3.63) is 52.9 Å². The molecule has 4 nitrogen and oxygen atoms in total. The number of rotatable bonds is 4. The van der Waals surface area contributed by atoms with Gasteiger partial charge in [0.05, 0.1) is 5.69 Å². The Labute approximate surface area is 131 Å². The fraction of sp³-hybridized carbons (Fsp3) is 0.444. The molecular weight excluding hydrogens is 276 g/mol. The Balaban J connectivity index is 1.58. The van der Waals surface area contributed by atoms with Crippen LogP contribution < -0.4 is 0 Å². The van der Waals surface area contributed by atoms with Gasteiger partial charge >= 0.3 is 0 Å². The summed E-state index contributed by atoms with van der Waals surface area (Å²) >= 11 is 0. The molecule has 0 bridgehead atoms. The molecule has 2 aromatic rings. The zero-order chi connectivity index (χ0) is 15.5. The first-order valence-electron chi connectivity index (χ1n) is 7.88. The van der Waals surface area contributed by atoms with Gasteiger partial charge in [-0.25, -0.2) is 0 Å². The Hall–Kier alpha value is -1.94. The Morgan fingerprint density at radius 2 is 1.91 bits per heavy atom. The van der Waals surface area contributed by atoms with Crippen LogP contribution in [0.4, 0.5) is 0 Å². The summed E-state index contributed by atoms with van der Waals surface area (Å²) < 4.78 is 5.22. The number of ketones is 1. The molecule has 1 aliphatic heterocycles. The molecule has 1 aliphatic rings. The van der Waals surface area contributed by atoms with Crippen LogP contribution in [0.2, 0.25) is 0 Å². The number of carbonyl (C=O) groups is 1. The van der Waals surface area contributed by atoms with E-state index in [9.17, 15) is 4.79 Å². The average molecular weight is 298 g/mol. The number of carbonyl (C=O) groups excluding carboxylic acids is 1. The van der Waals surface area contributed by atoms with Crippen molar-refractivity contribution < 1.29 is 9.32 Å². The van der Waals surface area contributed by atoms with E-state index in [0.717, 1.165) is 49.5 Å². The van der Waals surface area contributed by atoms with Crippen LogP contribution in [0, 0.1) is 19.8 Å². The molecule has 4 heteroatoms. The van der Waals surface area contributed by atoms with Crippen LogP contribution in [0.25, 0.3) is 0 Å². The molecule has 0 atom stereocenters. The third-order valence-corrected chi connectivity index (χ3v) is 4.58. The predicted octanol–water partition coefficient (Wildman–Crippen LogP) is 3.39. The molecule has 1 fully saturated rings. The van der Waals surface area contributed by atoms with Gasteiger partial charge < -0.3 is 4.52 Å². The fourth-order valence-corrected chi connectivity index (χ4v) is 3.14. The lowest BCUT2D eigenvalue weighted by Crippen LogP contribution is -2.36. The second kappa shape index (κ2) is 6.44. The van der Waals surface area contributed by atoms with E-state index in [1.54, 1.807) is 0 Å². The highest BCUT2D eigenvalue weighted by Crippen LogP contribution is 2.24. The van der Waals surface area contributed by atoms with E-state index >= 15 is 0 Å². The number of benzene rings is 1. The van der Waals surface area contributed by atoms with Gasteiger partial charge in [-0.15, -0.1) is 0 Å². The van der Waals surface area contributed by atoms with Gasteiger partial charge in [0.2, 0.25) is 0 Å². The van der Waals surface area contributed by atoms with Gasteiger partial charge in [-0.05, 0) is 39.8 Å². The maximum Gasteiger partial charge on any atom is 0.166 e. The Morgan fingerprint density at radius 1 is 1.23 bits per heavy atom. The highest BCUT2D eigenvalue weighted by Gasteiger charge is 2.26. The topological polar surface area (TPSA) is 46.3 Å². The molecule has 2 heterocycles. The number of likely N-dealkylation sites (tertiary alicyclic amines) is 1. The first-order chi connectivity index (χ1) is 10.6. The van der Waals surface area contributed by atoms with Crippen LogP contribution in [-0.2, 0) is 6.54 Å². The largest absolute Gasteiger partial charge is 0.361 e. The van der Waals surface area contributed by atoms with Crippen molar-refractivity contribution in [1.29, 1.82) is 0 Å². The summed E-state index contributed by atoms with van der Waals surface area (Å²) in [6.45, 7) is 6.71. The van der Waals surface area contributed by atoms with Crippen molar-refractivity contribution in [3.63, 3.8) is 0 Å². The van der Waals surface area contributed by atoms with Crippen LogP contribution >= 0.6 is 0 Å². The second-order valence-corrected chi connectivity index (χ2v) is 6.08. The zero-order valence-electron chi connectivity index (χ0n) is 13.2. The van der Waals surface area contributed by atoms with Crippen LogP contribution in [0.3, 0.4) is 0 Å². The van der Waals surface area contributed by atoms with E-state index in [2.05, 4.69) is 10.1 Å². The van der Waals surface area contributed by atoms with Gasteiger partial charge in [0.25, 0.3) is 0 Å². The van der Waals surface area contributed by atoms with Crippen molar-refractivity contribution in [2.45, 2.75) is 33.2 Å². The minimum atomic E-state index is 0.156. The quantitative estimate of drug-likeness (QED) is 0.812. The molecule has 22 heavy (non-hydrogen) atoms. The SMILES string of the molecule is Cc1noc(C)c1CN1CCC(C(=O)c2ccccc2)CC1. The molecule has 0 radical (unpaired) electrons. The average Bonchev–Trinajstić information content (AvgIpc) is 2.88. The van der Waals surface area contributed by atoms with Crippen molar-refractivity contribution >= 4 is 5.78 Å². The van der Waals surface area contributed by atoms with E-state index in [1.807, 2.05) is 44.2 Å². The number of nitrogens with zero attached hydrogens (tertiary/aromatic N) is 2. The standard InChI is InChI=1S/C18H22N2O2/c1-13-17(14(2)22-19-13)12-20-10-8-16(9-11-20)18(21)15-6-4-3-5-7-15/h3-7,16H,8-12H2,1-2H3. The molecule has 0 N–H and O–H groups in total. The smallest absolute Gasteiger partial charge is 0.166 e. The molecule has 1 aromatic heterocycles. The maximum absolute atomic E-state index is 12.5. The van der Waals surface area contributed by atoms with Gasteiger partial charge in [-0.2, -0.15) is 0 Å². The Kier molecular flexibility index (Phi) is 4.39. The van der Waals surface area contributed by atoms with Crippen LogP contribution in [0.15, 0.2) is 34.9 Å². The summed E-state index contributed by atoms with van der Waals surface area (Å²) in [4.78, 5) is 14.9. The molecular formula is C18H22N2O2. The number of piperidine rings is 1. The van der Waals surface area contributed by atoms with Gasteiger partial charge in [0.15, 0.2) is 5.78 Å². The van der Waals surface area contributed by atoms with Gasteiger partial charge in [-0.3, -0.25) is 9.69 Å². The number of Topliss-reactive ketones (excluding diaryl/α,β-unsaturated/α-hetero) is 1. The molecule has 0 unspecified atom stereocenters. The monoisotopic (exact) mass is 298 g/mol. The zero-order valence-corrected chi connectivity index (χ0v) is 13.2. The summed E-state index contributed by atoms with van der Waals surface area (Å²) in [5, 5.41) is 4.01. The molecule has 0 saturated carbocycles. The number of aromatic nitrogens is 1. The summed E-state index contributed by atoms with van der Waals surface area (Å²) in [6, 6.07) is 9.64. The van der Waals surface area contributed by atoms with E-state index in [4.69, 9.17) is 4.52 Å². The van der Waals surface area contributed by atoms with Gasteiger partial charge in [0.1, 0.15) is 5.76 Å². The third kappa shape index (κ3) is 3.12. The van der Waals surface area contributed by atoms with E-state index in [-0.39, 0.29) is 11.7 Å². The van der Waals surface area contributed by atoms with Crippen LogP contribution in [-0.4, -0.2) is 28.9 Å². The summed E-state index contributed by atoms with van der Waals surface area (Å²) in [7, 11) is 0. The van der Waals surface area contributed by atoms with Gasteiger partial charge in [0, 0.05) is 23.6 Å². The highest BCUT2D eigenvalue weighted by molar-refractivity contribution is 5.97. The highest BCUT2D eigenvalue weighted by atomic mass is 16.5. The molecule has 0 spiro atoms. The Morgan fingerprint density at radius 3 is 2.50 bits per heavy atom.